The maximum absolute atomic E-state index is 6.21. The molecule has 0 bridgehead atoms. The van der Waals surface area contributed by atoms with Gasteiger partial charge in [0.1, 0.15) is 5.82 Å². The molecule has 0 radical (unpaired) electrons. The Morgan fingerprint density at radius 2 is 2.44 bits per heavy atom. The third-order valence-corrected chi connectivity index (χ3v) is 3.96. The Hall–Kier alpha value is -0.650. The van der Waals surface area contributed by atoms with E-state index in [9.17, 15) is 0 Å². The van der Waals surface area contributed by atoms with E-state index in [0.29, 0.717) is 0 Å². The molecule has 3 nitrogen and oxygen atoms in total. The van der Waals surface area contributed by atoms with Crippen molar-refractivity contribution < 1.29 is 0 Å². The summed E-state index contributed by atoms with van der Waals surface area (Å²) < 4.78 is 3.22. The quantitative estimate of drug-likeness (QED) is 0.942. The molecular weight excluding hydrogens is 286 g/mol. The minimum absolute atomic E-state index is 0.135. The number of rotatable bonds is 4. The molecule has 2 aromatic rings. The number of hydrogen-bond donors (Lipinski definition) is 1. The largest absolute Gasteiger partial charge is 0.333 e. The van der Waals surface area contributed by atoms with Crippen LogP contribution in [-0.2, 0) is 6.54 Å². The van der Waals surface area contributed by atoms with Gasteiger partial charge in [-0.1, -0.05) is 6.92 Å². The highest BCUT2D eigenvalue weighted by Crippen LogP contribution is 2.27. The lowest BCUT2D eigenvalue weighted by Crippen LogP contribution is -2.17. The molecule has 1 atom stereocenters. The molecule has 1 unspecified atom stereocenters. The van der Waals surface area contributed by atoms with Gasteiger partial charge in [-0.2, -0.15) is 0 Å². The lowest BCUT2D eigenvalue weighted by molar-refractivity contribution is 0.613. The second-order valence-electron chi connectivity index (χ2n) is 3.64. The van der Waals surface area contributed by atoms with Gasteiger partial charge in [-0.15, -0.1) is 11.3 Å². The predicted octanol–water partition coefficient (Wildman–Crippen LogP) is 3.17. The van der Waals surface area contributed by atoms with E-state index < -0.39 is 0 Å². The molecule has 2 N–H and O–H groups in total. The van der Waals surface area contributed by atoms with Crippen LogP contribution in [0.15, 0.2) is 27.6 Å². The molecule has 0 fully saturated rings. The number of hydrogen-bond acceptors (Lipinski definition) is 3. The number of aryl methyl sites for hydroxylation is 1. The smallest absolute Gasteiger partial charge is 0.130 e. The Kier molecular flexibility index (Phi) is 3.78. The van der Waals surface area contributed by atoms with Gasteiger partial charge in [-0.3, -0.25) is 0 Å². The summed E-state index contributed by atoms with van der Waals surface area (Å²) in [6.07, 6.45) is 4.88. The van der Waals surface area contributed by atoms with Crippen LogP contribution in [-0.4, -0.2) is 9.55 Å². The molecule has 86 valence electrons. The molecule has 0 amide bonds. The average Bonchev–Trinajstić information content (AvgIpc) is 2.87. The van der Waals surface area contributed by atoms with E-state index in [1.807, 2.05) is 12.4 Å². The second-order valence-corrected chi connectivity index (χ2v) is 5.93. The average molecular weight is 300 g/mol. The van der Waals surface area contributed by atoms with Crippen LogP contribution in [0.4, 0.5) is 0 Å². The topological polar surface area (TPSA) is 43.8 Å². The zero-order valence-corrected chi connectivity index (χ0v) is 11.5. The fourth-order valence-electron chi connectivity index (χ4n) is 1.67. The fourth-order valence-corrected chi connectivity index (χ4v) is 2.88. The highest BCUT2D eigenvalue weighted by molar-refractivity contribution is 9.11. The molecule has 2 heterocycles. The minimum atomic E-state index is -0.135. The Labute approximate surface area is 107 Å². The van der Waals surface area contributed by atoms with Crippen LogP contribution in [0.3, 0.4) is 0 Å². The zero-order chi connectivity index (χ0) is 11.5. The lowest BCUT2D eigenvalue weighted by Gasteiger charge is -2.12. The van der Waals surface area contributed by atoms with Crippen molar-refractivity contribution in [1.82, 2.24) is 9.55 Å². The van der Waals surface area contributed by atoms with Crippen LogP contribution in [0.5, 0.6) is 0 Å². The van der Waals surface area contributed by atoms with Gasteiger partial charge in [0.15, 0.2) is 0 Å². The Balaban J connectivity index is 2.26. The maximum Gasteiger partial charge on any atom is 0.130 e. The first-order valence-electron chi connectivity index (χ1n) is 5.23. The number of halogens is 1. The number of nitrogens with two attached hydrogens (primary N) is 1. The third-order valence-electron chi connectivity index (χ3n) is 2.44. The van der Waals surface area contributed by atoms with E-state index >= 15 is 0 Å². The number of nitrogens with zero attached hydrogens (tertiary/aromatic N) is 2. The monoisotopic (exact) mass is 299 g/mol. The first-order chi connectivity index (χ1) is 7.72. The molecular formula is C11H14BrN3S. The molecule has 0 aliphatic carbocycles. The Morgan fingerprint density at radius 3 is 3.06 bits per heavy atom. The molecule has 0 saturated carbocycles. The standard InChI is InChI=1S/C11H14BrN3S/c1-2-4-15-5-3-14-11(15)10(13)8-6-9(12)16-7-8/h3,5-7,10H,2,4,13H2,1H3. The summed E-state index contributed by atoms with van der Waals surface area (Å²) in [7, 11) is 0. The SMILES string of the molecule is CCCn1ccnc1C(N)c1csc(Br)c1. The summed E-state index contributed by atoms with van der Waals surface area (Å²) in [6, 6.07) is 1.92. The van der Waals surface area contributed by atoms with Crippen molar-refractivity contribution in [2.45, 2.75) is 25.9 Å². The first-order valence-corrected chi connectivity index (χ1v) is 6.90. The Morgan fingerprint density at radius 1 is 1.62 bits per heavy atom. The van der Waals surface area contributed by atoms with Gasteiger partial charge in [-0.05, 0) is 39.4 Å². The molecule has 0 aliphatic heterocycles. The van der Waals surface area contributed by atoms with Crippen LogP contribution >= 0.6 is 27.3 Å². The summed E-state index contributed by atoms with van der Waals surface area (Å²) in [5.41, 5.74) is 7.32. The zero-order valence-electron chi connectivity index (χ0n) is 9.06. The van der Waals surface area contributed by atoms with E-state index in [0.717, 1.165) is 28.1 Å². The van der Waals surface area contributed by atoms with Crippen molar-refractivity contribution in [2.24, 2.45) is 5.73 Å². The van der Waals surface area contributed by atoms with Crippen LogP contribution in [0.2, 0.25) is 0 Å². The number of thiophene rings is 1. The normalized spacial score (nSPS) is 12.9. The molecule has 2 rings (SSSR count). The number of imidazole rings is 1. The Bertz CT molecular complexity index is 463. The molecule has 0 aromatic carbocycles. The van der Waals surface area contributed by atoms with E-state index in [2.05, 4.69) is 43.9 Å². The van der Waals surface area contributed by atoms with E-state index in [1.165, 1.54) is 0 Å². The molecule has 0 aliphatic rings. The van der Waals surface area contributed by atoms with Gasteiger partial charge in [0.25, 0.3) is 0 Å². The maximum atomic E-state index is 6.21. The highest BCUT2D eigenvalue weighted by atomic mass is 79.9. The van der Waals surface area contributed by atoms with Gasteiger partial charge in [-0.25, -0.2) is 4.98 Å². The molecule has 16 heavy (non-hydrogen) atoms. The van der Waals surface area contributed by atoms with Gasteiger partial charge in [0.05, 0.1) is 9.83 Å². The van der Waals surface area contributed by atoms with Crippen molar-refractivity contribution in [3.63, 3.8) is 0 Å². The molecule has 0 saturated heterocycles. The first kappa shape index (κ1) is 11.8. The number of aromatic nitrogens is 2. The van der Waals surface area contributed by atoms with Crippen LogP contribution in [0.25, 0.3) is 0 Å². The highest BCUT2D eigenvalue weighted by Gasteiger charge is 2.15. The summed E-state index contributed by atoms with van der Waals surface area (Å²) in [4.78, 5) is 4.35. The fraction of sp³-hybridized carbons (Fsp3) is 0.364. The van der Waals surface area contributed by atoms with Crippen LogP contribution in [0, 0.1) is 0 Å². The van der Waals surface area contributed by atoms with Crippen molar-refractivity contribution in [1.29, 1.82) is 0 Å². The van der Waals surface area contributed by atoms with Gasteiger partial charge < -0.3 is 10.3 Å². The van der Waals surface area contributed by atoms with Gasteiger partial charge in [0, 0.05) is 18.9 Å². The van der Waals surface area contributed by atoms with Crippen molar-refractivity contribution in [3.8, 4) is 0 Å². The molecule has 0 spiro atoms. The summed E-state index contributed by atoms with van der Waals surface area (Å²) >= 11 is 5.10. The lowest BCUT2D eigenvalue weighted by atomic mass is 10.1. The van der Waals surface area contributed by atoms with Crippen LogP contribution in [0.1, 0.15) is 30.8 Å². The summed E-state index contributed by atoms with van der Waals surface area (Å²) in [5, 5.41) is 2.07. The third kappa shape index (κ3) is 2.36. The summed E-state index contributed by atoms with van der Waals surface area (Å²) in [5.74, 6) is 0.937. The van der Waals surface area contributed by atoms with Gasteiger partial charge in [0.2, 0.25) is 0 Å². The van der Waals surface area contributed by atoms with Gasteiger partial charge >= 0.3 is 0 Å². The predicted molar refractivity (Wildman–Crippen MR) is 70.6 cm³/mol. The minimum Gasteiger partial charge on any atom is -0.333 e. The van der Waals surface area contributed by atoms with E-state index in [-0.39, 0.29) is 6.04 Å². The van der Waals surface area contributed by atoms with E-state index in [1.54, 1.807) is 11.3 Å². The van der Waals surface area contributed by atoms with Crippen molar-refractivity contribution in [3.05, 3.63) is 39.0 Å². The second kappa shape index (κ2) is 5.12. The van der Waals surface area contributed by atoms with E-state index in [4.69, 9.17) is 5.73 Å². The van der Waals surface area contributed by atoms with Crippen molar-refractivity contribution >= 4 is 27.3 Å². The summed E-state index contributed by atoms with van der Waals surface area (Å²) in [6.45, 7) is 3.12. The molecule has 2 aromatic heterocycles. The molecule has 5 heteroatoms. The van der Waals surface area contributed by atoms with Crippen molar-refractivity contribution in [2.75, 3.05) is 0 Å². The van der Waals surface area contributed by atoms with Crippen LogP contribution < -0.4 is 5.73 Å².